The van der Waals surface area contributed by atoms with Crippen molar-refractivity contribution in [1.82, 2.24) is 0 Å². The maximum atomic E-state index is 13.3. The summed E-state index contributed by atoms with van der Waals surface area (Å²) >= 11 is 11.6. The van der Waals surface area contributed by atoms with E-state index in [1.807, 2.05) is 0 Å². The summed E-state index contributed by atoms with van der Waals surface area (Å²) in [4.78, 5) is 11.0. The third kappa shape index (κ3) is 4.76. The Morgan fingerprint density at radius 2 is 1.58 bits per heavy atom. The van der Waals surface area contributed by atoms with Crippen molar-refractivity contribution in [3.05, 3.63) is 75.3 Å². The Kier molecular flexibility index (Phi) is 5.57. The molecule has 2 aromatic rings. The van der Waals surface area contributed by atoms with E-state index in [0.717, 1.165) is 6.08 Å². The third-order valence-electron chi connectivity index (χ3n) is 3.27. The lowest BCUT2D eigenvalue weighted by atomic mass is 9.97. The summed E-state index contributed by atoms with van der Waals surface area (Å²) in [5.41, 5.74) is 5.85. The van der Waals surface area contributed by atoms with Crippen LogP contribution in [0.2, 0.25) is 10.0 Å². The van der Waals surface area contributed by atoms with Gasteiger partial charge in [0, 0.05) is 15.6 Å². The summed E-state index contributed by atoms with van der Waals surface area (Å²) in [6.07, 6.45) is -2.17. The Morgan fingerprint density at radius 3 is 2.04 bits per heavy atom. The minimum absolute atomic E-state index is 0.0509. The SMILES string of the molecule is NC(=O)c1ccc(/C=C/C(c2cc(Cl)cc(Cl)c2)C(F)(F)F)cc1. The number of benzene rings is 2. The molecule has 2 aromatic carbocycles. The van der Waals surface area contributed by atoms with Gasteiger partial charge in [0.2, 0.25) is 5.91 Å². The molecule has 24 heavy (non-hydrogen) atoms. The zero-order valence-corrected chi connectivity index (χ0v) is 13.7. The Labute approximate surface area is 146 Å². The van der Waals surface area contributed by atoms with Gasteiger partial charge in [-0.2, -0.15) is 13.2 Å². The highest BCUT2D eigenvalue weighted by atomic mass is 35.5. The molecule has 0 radical (unpaired) electrons. The predicted octanol–water partition coefficient (Wildman–Crippen LogP) is 5.45. The van der Waals surface area contributed by atoms with E-state index in [-0.39, 0.29) is 21.2 Å². The van der Waals surface area contributed by atoms with Gasteiger partial charge in [0.25, 0.3) is 0 Å². The lowest BCUT2D eigenvalue weighted by Crippen LogP contribution is -2.18. The lowest BCUT2D eigenvalue weighted by molar-refractivity contribution is -0.139. The molecule has 0 saturated heterocycles. The number of rotatable bonds is 4. The summed E-state index contributed by atoms with van der Waals surface area (Å²) in [6.45, 7) is 0. The van der Waals surface area contributed by atoms with Gasteiger partial charge in [0.1, 0.15) is 0 Å². The smallest absolute Gasteiger partial charge is 0.366 e. The standard InChI is InChI=1S/C17H12Cl2F3NO/c18-13-7-12(8-14(19)9-13)15(17(20,21)22)6-3-10-1-4-11(5-2-10)16(23)24/h1-9,15H,(H2,23,24)/b6-3+. The van der Waals surface area contributed by atoms with Crippen molar-refractivity contribution in [2.75, 3.05) is 0 Å². The number of nitrogens with two attached hydrogens (primary N) is 1. The molecule has 0 aliphatic heterocycles. The molecule has 0 aromatic heterocycles. The molecule has 0 bridgehead atoms. The molecular formula is C17H12Cl2F3NO. The van der Waals surface area contributed by atoms with Crippen LogP contribution in [0.15, 0.2) is 48.5 Å². The van der Waals surface area contributed by atoms with Crippen LogP contribution in [0.4, 0.5) is 13.2 Å². The number of primary amides is 1. The topological polar surface area (TPSA) is 43.1 Å². The van der Waals surface area contributed by atoms with Gasteiger partial charge in [-0.25, -0.2) is 0 Å². The first-order valence-corrected chi connectivity index (χ1v) is 7.53. The zero-order chi connectivity index (χ0) is 17.9. The van der Waals surface area contributed by atoms with E-state index in [4.69, 9.17) is 28.9 Å². The highest BCUT2D eigenvalue weighted by Crippen LogP contribution is 2.38. The quantitative estimate of drug-likeness (QED) is 0.760. The van der Waals surface area contributed by atoms with E-state index >= 15 is 0 Å². The highest BCUT2D eigenvalue weighted by Gasteiger charge is 2.39. The molecule has 2 nitrogen and oxygen atoms in total. The molecule has 0 fully saturated rings. The minimum Gasteiger partial charge on any atom is -0.366 e. The summed E-state index contributed by atoms with van der Waals surface area (Å²) in [7, 11) is 0. The molecule has 2 N–H and O–H groups in total. The van der Waals surface area contributed by atoms with Crippen LogP contribution in [0.25, 0.3) is 6.08 Å². The molecule has 7 heteroatoms. The van der Waals surface area contributed by atoms with Gasteiger partial charge in [-0.15, -0.1) is 0 Å². The van der Waals surface area contributed by atoms with Gasteiger partial charge in [-0.05, 0) is 41.5 Å². The summed E-state index contributed by atoms with van der Waals surface area (Å²) in [5.74, 6) is -2.46. The number of amides is 1. The van der Waals surface area contributed by atoms with Crippen molar-refractivity contribution in [3.8, 4) is 0 Å². The highest BCUT2D eigenvalue weighted by molar-refractivity contribution is 6.34. The van der Waals surface area contributed by atoms with E-state index in [1.165, 1.54) is 48.5 Å². The molecule has 1 amide bonds. The number of halogens is 5. The van der Waals surface area contributed by atoms with Crippen molar-refractivity contribution in [1.29, 1.82) is 0 Å². The molecule has 0 spiro atoms. The first-order chi connectivity index (χ1) is 11.2. The molecule has 2 rings (SSSR count). The first-order valence-electron chi connectivity index (χ1n) is 6.77. The Hall–Kier alpha value is -1.98. The van der Waals surface area contributed by atoms with Crippen LogP contribution < -0.4 is 5.73 Å². The second kappa shape index (κ2) is 7.28. The van der Waals surface area contributed by atoms with Gasteiger partial charge >= 0.3 is 6.18 Å². The second-order valence-corrected chi connectivity index (χ2v) is 5.94. The molecule has 1 atom stereocenters. The van der Waals surface area contributed by atoms with Crippen molar-refractivity contribution in [2.45, 2.75) is 12.1 Å². The maximum Gasteiger partial charge on any atom is 0.399 e. The van der Waals surface area contributed by atoms with Crippen LogP contribution in [0.1, 0.15) is 27.4 Å². The number of hydrogen-bond donors (Lipinski definition) is 1. The fraction of sp³-hybridized carbons (Fsp3) is 0.118. The summed E-state index contributed by atoms with van der Waals surface area (Å²) < 4.78 is 40.0. The number of hydrogen-bond acceptors (Lipinski definition) is 1. The van der Waals surface area contributed by atoms with Crippen LogP contribution in [-0.4, -0.2) is 12.1 Å². The molecule has 126 valence electrons. The Balaban J connectivity index is 2.34. The van der Waals surface area contributed by atoms with E-state index in [0.29, 0.717) is 5.56 Å². The largest absolute Gasteiger partial charge is 0.399 e. The Bertz CT molecular complexity index is 750. The molecular weight excluding hydrogens is 362 g/mol. The lowest BCUT2D eigenvalue weighted by Gasteiger charge is -2.18. The predicted molar refractivity (Wildman–Crippen MR) is 89.3 cm³/mol. The fourth-order valence-electron chi connectivity index (χ4n) is 2.13. The minimum atomic E-state index is -4.50. The van der Waals surface area contributed by atoms with E-state index in [9.17, 15) is 18.0 Å². The first kappa shape index (κ1) is 18.4. The van der Waals surface area contributed by atoms with E-state index in [1.54, 1.807) is 0 Å². The van der Waals surface area contributed by atoms with Crippen molar-refractivity contribution < 1.29 is 18.0 Å². The van der Waals surface area contributed by atoms with Crippen LogP contribution in [-0.2, 0) is 0 Å². The number of allylic oxidation sites excluding steroid dienone is 1. The molecule has 1 unspecified atom stereocenters. The van der Waals surface area contributed by atoms with Crippen molar-refractivity contribution >= 4 is 35.2 Å². The molecule has 0 heterocycles. The fourth-order valence-corrected chi connectivity index (χ4v) is 2.67. The summed E-state index contributed by atoms with van der Waals surface area (Å²) in [5, 5.41) is 0.261. The summed E-state index contributed by atoms with van der Waals surface area (Å²) in [6, 6.07) is 9.73. The van der Waals surface area contributed by atoms with Crippen molar-refractivity contribution in [2.24, 2.45) is 5.73 Å². The van der Waals surface area contributed by atoms with E-state index < -0.39 is 18.0 Å². The molecule has 0 aliphatic carbocycles. The van der Waals surface area contributed by atoms with Gasteiger partial charge in [0.15, 0.2) is 0 Å². The normalized spacial score (nSPS) is 13.2. The van der Waals surface area contributed by atoms with E-state index in [2.05, 4.69) is 0 Å². The average Bonchev–Trinajstić information content (AvgIpc) is 2.45. The monoisotopic (exact) mass is 373 g/mol. The Morgan fingerprint density at radius 1 is 1.04 bits per heavy atom. The number of carbonyl (C=O) groups is 1. The van der Waals surface area contributed by atoms with Crippen LogP contribution in [0.3, 0.4) is 0 Å². The second-order valence-electron chi connectivity index (χ2n) is 5.07. The molecule has 0 saturated carbocycles. The number of carbonyl (C=O) groups excluding carboxylic acids is 1. The average molecular weight is 374 g/mol. The van der Waals surface area contributed by atoms with Crippen LogP contribution in [0, 0.1) is 0 Å². The molecule has 0 aliphatic rings. The third-order valence-corrected chi connectivity index (χ3v) is 3.71. The zero-order valence-electron chi connectivity index (χ0n) is 12.1. The van der Waals surface area contributed by atoms with Crippen molar-refractivity contribution in [3.63, 3.8) is 0 Å². The van der Waals surface area contributed by atoms with Gasteiger partial charge in [0.05, 0.1) is 5.92 Å². The van der Waals surface area contributed by atoms with Gasteiger partial charge < -0.3 is 5.73 Å². The van der Waals surface area contributed by atoms with Crippen LogP contribution in [0.5, 0.6) is 0 Å². The van der Waals surface area contributed by atoms with Crippen LogP contribution >= 0.6 is 23.2 Å². The van der Waals surface area contributed by atoms with Gasteiger partial charge in [-0.3, -0.25) is 4.79 Å². The number of alkyl halides is 3. The van der Waals surface area contributed by atoms with Gasteiger partial charge in [-0.1, -0.05) is 47.5 Å². The maximum absolute atomic E-state index is 13.3.